The zero-order valence-electron chi connectivity index (χ0n) is 11.3. The van der Waals surface area contributed by atoms with Crippen molar-refractivity contribution < 1.29 is 12.8 Å². The number of sulfone groups is 1. The highest BCUT2D eigenvalue weighted by molar-refractivity contribution is 7.91. The predicted molar refractivity (Wildman–Crippen MR) is 73.7 cm³/mol. The van der Waals surface area contributed by atoms with Gasteiger partial charge in [0.25, 0.3) is 0 Å². The topological polar surface area (TPSA) is 59.3 Å². The third-order valence-electron chi connectivity index (χ3n) is 4.19. The molecule has 1 N–H and O–H groups in total. The zero-order chi connectivity index (χ0) is 13.5. The Morgan fingerprint density at radius 1 is 1.42 bits per heavy atom. The largest absolute Gasteiger partial charge is 0.464 e. The van der Waals surface area contributed by atoms with E-state index in [1.165, 1.54) is 6.42 Å². The zero-order valence-corrected chi connectivity index (χ0v) is 12.1. The summed E-state index contributed by atoms with van der Waals surface area (Å²) in [5, 5.41) is 3.30. The summed E-state index contributed by atoms with van der Waals surface area (Å²) in [6, 6.07) is 4.14. The number of furan rings is 1. The summed E-state index contributed by atoms with van der Waals surface area (Å²) in [6.45, 7) is 2.86. The lowest BCUT2D eigenvalue weighted by atomic mass is 10.2. The summed E-state index contributed by atoms with van der Waals surface area (Å²) in [6.07, 6.45) is 2.93. The van der Waals surface area contributed by atoms with Gasteiger partial charge in [0.05, 0.1) is 18.1 Å². The molecule has 2 fully saturated rings. The molecule has 1 aromatic heterocycles. The van der Waals surface area contributed by atoms with E-state index in [2.05, 4.69) is 18.3 Å². The second-order valence-corrected chi connectivity index (χ2v) is 8.19. The first-order valence-corrected chi connectivity index (χ1v) is 8.88. The molecule has 1 aromatic rings. The molecule has 0 spiro atoms. The van der Waals surface area contributed by atoms with E-state index in [-0.39, 0.29) is 11.8 Å². The van der Waals surface area contributed by atoms with Crippen molar-refractivity contribution in [2.24, 2.45) is 5.92 Å². The van der Waals surface area contributed by atoms with Gasteiger partial charge in [-0.3, -0.25) is 0 Å². The summed E-state index contributed by atoms with van der Waals surface area (Å²) in [4.78, 5) is 0. The van der Waals surface area contributed by atoms with Crippen LogP contribution in [0.5, 0.6) is 0 Å². The molecule has 106 valence electrons. The molecule has 0 amide bonds. The van der Waals surface area contributed by atoms with E-state index < -0.39 is 9.84 Å². The van der Waals surface area contributed by atoms with Gasteiger partial charge in [0.1, 0.15) is 11.5 Å². The second kappa shape index (κ2) is 4.94. The van der Waals surface area contributed by atoms with Crippen LogP contribution in [0.2, 0.25) is 0 Å². The van der Waals surface area contributed by atoms with Crippen LogP contribution in [0.15, 0.2) is 16.5 Å². The van der Waals surface area contributed by atoms with Gasteiger partial charge in [-0.05, 0) is 37.3 Å². The predicted octanol–water partition coefficient (Wildman–Crippen LogP) is 2.07. The monoisotopic (exact) mass is 283 g/mol. The van der Waals surface area contributed by atoms with E-state index in [1.807, 2.05) is 6.07 Å². The van der Waals surface area contributed by atoms with Crippen LogP contribution in [0.25, 0.3) is 0 Å². The van der Waals surface area contributed by atoms with E-state index in [0.29, 0.717) is 18.2 Å². The first kappa shape index (κ1) is 13.2. The Kier molecular flexibility index (Phi) is 3.43. The molecule has 3 unspecified atom stereocenters. The Morgan fingerprint density at radius 3 is 2.89 bits per heavy atom. The highest BCUT2D eigenvalue weighted by Gasteiger charge is 2.36. The molecule has 3 rings (SSSR count). The van der Waals surface area contributed by atoms with Gasteiger partial charge < -0.3 is 9.73 Å². The maximum Gasteiger partial charge on any atom is 0.151 e. The van der Waals surface area contributed by atoms with E-state index in [1.54, 1.807) is 0 Å². The molecular weight excluding hydrogens is 262 g/mol. The molecule has 1 saturated carbocycles. The Hall–Kier alpha value is -0.810. The number of hydrogen-bond donors (Lipinski definition) is 1. The maximum atomic E-state index is 11.5. The Balaban J connectivity index is 1.53. The minimum atomic E-state index is -2.83. The van der Waals surface area contributed by atoms with Crippen molar-refractivity contribution in [3.05, 3.63) is 23.7 Å². The maximum absolute atomic E-state index is 11.5. The molecule has 1 saturated heterocycles. The van der Waals surface area contributed by atoms with Crippen molar-refractivity contribution >= 4 is 9.84 Å². The van der Waals surface area contributed by atoms with Crippen LogP contribution in [0.1, 0.15) is 43.6 Å². The summed E-state index contributed by atoms with van der Waals surface area (Å²) in [5.41, 5.74) is 0. The third-order valence-corrected chi connectivity index (χ3v) is 6.01. The lowest BCUT2D eigenvalue weighted by molar-refractivity contribution is 0.413. The standard InChI is InChI=1S/C14H21NO3S/c1-10-7-13(10)14-5-4-12(18-14)8-15-11-3-2-6-19(16,17)9-11/h4-5,10-11,13,15H,2-3,6-9H2,1H3. The minimum absolute atomic E-state index is 0.0761. The van der Waals surface area contributed by atoms with Crippen LogP contribution in [0, 0.1) is 5.92 Å². The molecule has 1 aliphatic heterocycles. The normalized spacial score (nSPS) is 33.2. The van der Waals surface area contributed by atoms with Gasteiger partial charge in [0.15, 0.2) is 9.84 Å². The molecule has 2 heterocycles. The molecule has 0 radical (unpaired) electrons. The van der Waals surface area contributed by atoms with E-state index in [0.717, 1.165) is 30.3 Å². The van der Waals surface area contributed by atoms with Gasteiger partial charge >= 0.3 is 0 Å². The number of nitrogens with one attached hydrogen (secondary N) is 1. The first-order valence-electron chi connectivity index (χ1n) is 7.06. The lowest BCUT2D eigenvalue weighted by Gasteiger charge is -2.22. The third kappa shape index (κ3) is 3.20. The van der Waals surface area contributed by atoms with Crippen molar-refractivity contribution in [1.29, 1.82) is 0 Å². The van der Waals surface area contributed by atoms with Crippen LogP contribution >= 0.6 is 0 Å². The smallest absolute Gasteiger partial charge is 0.151 e. The Labute approximate surface area is 114 Å². The van der Waals surface area contributed by atoms with E-state index >= 15 is 0 Å². The highest BCUT2D eigenvalue weighted by atomic mass is 32.2. The molecular formula is C14H21NO3S. The average Bonchev–Trinajstić information content (AvgIpc) is 2.90. The van der Waals surface area contributed by atoms with Crippen LogP contribution in [0.3, 0.4) is 0 Å². The molecule has 2 aliphatic rings. The Morgan fingerprint density at radius 2 is 2.21 bits per heavy atom. The molecule has 4 nitrogen and oxygen atoms in total. The second-order valence-electron chi connectivity index (χ2n) is 5.96. The van der Waals surface area contributed by atoms with Crippen LogP contribution < -0.4 is 5.32 Å². The van der Waals surface area contributed by atoms with Crippen LogP contribution in [-0.4, -0.2) is 26.0 Å². The van der Waals surface area contributed by atoms with Crippen molar-refractivity contribution in [2.45, 2.75) is 44.7 Å². The molecule has 0 bridgehead atoms. The van der Waals surface area contributed by atoms with E-state index in [4.69, 9.17) is 4.42 Å². The first-order chi connectivity index (χ1) is 9.03. The minimum Gasteiger partial charge on any atom is -0.464 e. The molecule has 1 aliphatic carbocycles. The van der Waals surface area contributed by atoms with Gasteiger partial charge in [-0.25, -0.2) is 8.42 Å². The van der Waals surface area contributed by atoms with Gasteiger partial charge in [-0.15, -0.1) is 0 Å². The summed E-state index contributed by atoms with van der Waals surface area (Å²) >= 11 is 0. The van der Waals surface area contributed by atoms with Gasteiger partial charge in [0.2, 0.25) is 0 Å². The Bertz CT molecular complexity index is 549. The van der Waals surface area contributed by atoms with E-state index in [9.17, 15) is 8.42 Å². The summed E-state index contributed by atoms with van der Waals surface area (Å²) in [5.74, 6) is 3.95. The van der Waals surface area contributed by atoms with Crippen molar-refractivity contribution in [1.82, 2.24) is 5.32 Å². The highest BCUT2D eigenvalue weighted by Crippen LogP contribution is 2.47. The molecule has 5 heteroatoms. The average molecular weight is 283 g/mol. The SMILES string of the molecule is CC1CC1c1ccc(CNC2CCCS(=O)(=O)C2)o1. The quantitative estimate of drug-likeness (QED) is 0.919. The van der Waals surface area contributed by atoms with Gasteiger partial charge in [0, 0.05) is 12.0 Å². The van der Waals surface area contributed by atoms with Crippen LogP contribution in [-0.2, 0) is 16.4 Å². The summed E-state index contributed by atoms with van der Waals surface area (Å²) < 4.78 is 28.9. The molecule has 3 atom stereocenters. The van der Waals surface area contributed by atoms with Crippen molar-refractivity contribution in [2.75, 3.05) is 11.5 Å². The fraction of sp³-hybridized carbons (Fsp3) is 0.714. The van der Waals surface area contributed by atoms with Crippen LogP contribution in [0.4, 0.5) is 0 Å². The van der Waals surface area contributed by atoms with Crippen molar-refractivity contribution in [3.63, 3.8) is 0 Å². The summed E-state index contributed by atoms with van der Waals surface area (Å²) in [7, 11) is -2.83. The van der Waals surface area contributed by atoms with Gasteiger partial charge in [-0.1, -0.05) is 6.92 Å². The number of rotatable bonds is 4. The molecule has 0 aromatic carbocycles. The molecule has 19 heavy (non-hydrogen) atoms. The number of hydrogen-bond acceptors (Lipinski definition) is 4. The fourth-order valence-corrected chi connectivity index (χ4v) is 4.51. The lowest BCUT2D eigenvalue weighted by Crippen LogP contribution is -2.39. The van der Waals surface area contributed by atoms with Gasteiger partial charge in [-0.2, -0.15) is 0 Å². The fourth-order valence-electron chi connectivity index (χ4n) is 2.84. The van der Waals surface area contributed by atoms with Crippen molar-refractivity contribution in [3.8, 4) is 0 Å².